The van der Waals surface area contributed by atoms with Gasteiger partial charge in [-0.05, 0) is 61.0 Å². The monoisotopic (exact) mass is 857 g/mol. The van der Waals surface area contributed by atoms with Crippen LogP contribution in [0.4, 0.5) is 38.1 Å². The van der Waals surface area contributed by atoms with Crippen LogP contribution in [0.5, 0.6) is 0 Å². The highest BCUT2D eigenvalue weighted by Gasteiger charge is 2.58. The first kappa shape index (κ1) is 41.8. The molecule has 3 fully saturated rings. The van der Waals surface area contributed by atoms with E-state index in [9.17, 15) is 35.9 Å². The van der Waals surface area contributed by atoms with E-state index < -0.39 is 54.7 Å². The summed E-state index contributed by atoms with van der Waals surface area (Å²) >= 11 is 0. The van der Waals surface area contributed by atoms with E-state index >= 15 is 0 Å². The van der Waals surface area contributed by atoms with Crippen molar-refractivity contribution in [3.05, 3.63) is 83.9 Å². The van der Waals surface area contributed by atoms with Crippen molar-refractivity contribution in [2.75, 3.05) is 43.4 Å². The normalized spacial score (nSPS) is 21.2. The molecule has 3 aliphatic rings. The second kappa shape index (κ2) is 17.6. The first-order valence-corrected chi connectivity index (χ1v) is 19.8. The Morgan fingerprint density at radius 1 is 0.836 bits per heavy atom. The van der Waals surface area contributed by atoms with Crippen LogP contribution in [0, 0.1) is 5.92 Å². The van der Waals surface area contributed by atoms with Gasteiger partial charge in [-0.25, -0.2) is 14.6 Å². The largest absolute Gasteiger partial charge is 0.490 e. The highest BCUT2D eigenvalue weighted by atomic mass is 19.4. The zero-order valence-electron chi connectivity index (χ0n) is 32.4. The minimum atomic E-state index is -5.61. The molecular formula is C39H41F6N11O5. The molecule has 5 heterocycles. The van der Waals surface area contributed by atoms with Crippen molar-refractivity contribution in [3.63, 3.8) is 0 Å². The van der Waals surface area contributed by atoms with Crippen LogP contribution in [0.3, 0.4) is 0 Å². The van der Waals surface area contributed by atoms with Gasteiger partial charge in [-0.15, -0.1) is 10.2 Å². The molecule has 3 aromatic heterocycles. The standard InChI is InChI=1S/C39H41F6N11O5/c40-38(41,42)35(57)60-28-29(32-51-53-56(52-32)21-23-14-15-23)59-34(30(28)61-36(58)39(43,44)45)55-22-48-27-31(49-37(50-33(27)55)46-16-19-54-17-8-3-9-18-54)47-20-26(24-10-4-1-5-11-24)25-12-6-2-7-13-25/h1-2,4-7,10-13,22-23,26,28-30,34H,3,8-9,14-21H2,(H2,46,47,49,50)/t28-,29-,30+,34+/m0/s1. The quantitative estimate of drug-likeness (QED) is 0.0986. The Kier molecular flexibility index (Phi) is 12.1. The number of esters is 2. The van der Waals surface area contributed by atoms with Gasteiger partial charge >= 0.3 is 24.3 Å². The summed E-state index contributed by atoms with van der Waals surface area (Å²) in [7, 11) is 0. The van der Waals surface area contributed by atoms with Crippen molar-refractivity contribution in [2.24, 2.45) is 5.92 Å². The predicted octanol–water partition coefficient (Wildman–Crippen LogP) is 5.58. The van der Waals surface area contributed by atoms with Gasteiger partial charge in [0.1, 0.15) is 0 Å². The smallest absolute Gasteiger partial charge is 0.448 e. The highest BCUT2D eigenvalue weighted by Crippen LogP contribution is 2.44. The molecule has 324 valence electrons. The third kappa shape index (κ3) is 9.85. The van der Waals surface area contributed by atoms with Crippen LogP contribution in [0.25, 0.3) is 11.2 Å². The number of alkyl halides is 6. The number of benzene rings is 2. The lowest BCUT2D eigenvalue weighted by molar-refractivity contribution is -0.221. The molecule has 2 N–H and O–H groups in total. The summed E-state index contributed by atoms with van der Waals surface area (Å²) in [4.78, 5) is 42.1. The summed E-state index contributed by atoms with van der Waals surface area (Å²) < 4.78 is 99.3. The Labute approximate surface area is 344 Å². The molecule has 0 amide bonds. The molecule has 61 heavy (non-hydrogen) atoms. The SMILES string of the molecule is O=C(O[C@@H]1[C@@H](OC(=O)C(F)(F)F)[C@H](n2cnc3c(NCC(c4ccccc4)c4ccccc4)nc(NCCN4CCCCC4)nc32)O[C@@H]1c1nnn(CC2CC2)n1)C(F)(F)F. The Balaban J connectivity index is 1.19. The van der Waals surface area contributed by atoms with E-state index in [0.717, 1.165) is 72.0 Å². The van der Waals surface area contributed by atoms with E-state index in [1.165, 1.54) is 0 Å². The Bertz CT molecular complexity index is 2240. The number of likely N-dealkylation sites (tertiary alicyclic amines) is 1. The molecule has 2 saturated heterocycles. The van der Waals surface area contributed by atoms with Gasteiger partial charge < -0.3 is 29.7 Å². The zero-order chi connectivity index (χ0) is 42.7. The number of nitrogens with one attached hydrogen (secondary N) is 2. The summed E-state index contributed by atoms with van der Waals surface area (Å²) in [6, 6.07) is 19.4. The summed E-state index contributed by atoms with van der Waals surface area (Å²) in [5.41, 5.74) is 1.99. The van der Waals surface area contributed by atoms with E-state index in [1.807, 2.05) is 60.7 Å². The number of hydrogen-bond acceptors (Lipinski definition) is 14. The van der Waals surface area contributed by atoms with Crippen molar-refractivity contribution < 1.29 is 50.1 Å². The van der Waals surface area contributed by atoms with Gasteiger partial charge in [-0.1, -0.05) is 67.1 Å². The zero-order valence-corrected chi connectivity index (χ0v) is 32.4. The second-order valence-corrected chi connectivity index (χ2v) is 15.1. The van der Waals surface area contributed by atoms with Gasteiger partial charge in [0, 0.05) is 25.6 Å². The Morgan fingerprint density at radius 2 is 1.48 bits per heavy atom. The van der Waals surface area contributed by atoms with Gasteiger partial charge in [-0.2, -0.15) is 41.1 Å². The summed E-state index contributed by atoms with van der Waals surface area (Å²) in [6.07, 6.45) is -13.6. The topological polar surface area (TPSA) is 176 Å². The van der Waals surface area contributed by atoms with Gasteiger partial charge in [0.15, 0.2) is 41.5 Å². The molecule has 16 nitrogen and oxygen atoms in total. The summed E-state index contributed by atoms with van der Waals surface area (Å²) in [6.45, 7) is 3.47. The number of nitrogens with zero attached hydrogens (tertiary/aromatic N) is 9. The Morgan fingerprint density at radius 3 is 2.10 bits per heavy atom. The summed E-state index contributed by atoms with van der Waals surface area (Å²) in [5, 5.41) is 18.6. The van der Waals surface area contributed by atoms with Crippen molar-refractivity contribution in [1.29, 1.82) is 0 Å². The van der Waals surface area contributed by atoms with Gasteiger partial charge in [0.25, 0.3) is 0 Å². The first-order chi connectivity index (χ1) is 29.3. The van der Waals surface area contributed by atoms with Crippen molar-refractivity contribution >= 4 is 34.9 Å². The lowest BCUT2D eigenvalue weighted by atomic mass is 9.91. The molecule has 22 heteroatoms. The maximum absolute atomic E-state index is 13.8. The molecule has 0 radical (unpaired) electrons. The lowest BCUT2D eigenvalue weighted by Gasteiger charge is -2.26. The van der Waals surface area contributed by atoms with Gasteiger partial charge in [0.05, 0.1) is 12.9 Å². The lowest BCUT2D eigenvalue weighted by Crippen LogP contribution is -2.42. The van der Waals surface area contributed by atoms with E-state index in [1.54, 1.807) is 0 Å². The number of hydrogen-bond donors (Lipinski definition) is 2. The fraction of sp³-hybridized carbons (Fsp3) is 0.487. The van der Waals surface area contributed by atoms with Crippen molar-refractivity contribution in [2.45, 2.75) is 81.5 Å². The van der Waals surface area contributed by atoms with Crippen LogP contribution in [0.15, 0.2) is 67.0 Å². The molecule has 5 aromatic rings. The van der Waals surface area contributed by atoms with Crippen LogP contribution in [0.2, 0.25) is 0 Å². The van der Waals surface area contributed by atoms with Crippen LogP contribution in [-0.4, -0.2) is 114 Å². The van der Waals surface area contributed by atoms with Gasteiger partial charge in [-0.3, -0.25) is 4.57 Å². The number of imidazole rings is 1. The number of halogens is 6. The number of fused-ring (bicyclic) bond motifs is 1. The minimum Gasteiger partial charge on any atom is -0.448 e. The van der Waals surface area contributed by atoms with Crippen LogP contribution in [-0.2, 0) is 30.3 Å². The second-order valence-electron chi connectivity index (χ2n) is 15.1. The van der Waals surface area contributed by atoms with E-state index in [4.69, 9.17) is 19.2 Å². The van der Waals surface area contributed by atoms with Crippen molar-refractivity contribution in [3.8, 4) is 0 Å². The third-order valence-electron chi connectivity index (χ3n) is 10.7. The molecule has 0 unspecified atom stereocenters. The first-order valence-electron chi connectivity index (χ1n) is 19.8. The van der Waals surface area contributed by atoms with E-state index in [-0.39, 0.29) is 41.3 Å². The average molecular weight is 858 g/mol. The number of anilines is 2. The molecular weight excluding hydrogens is 816 g/mol. The molecule has 1 saturated carbocycles. The van der Waals surface area contributed by atoms with E-state index in [2.05, 4.69) is 40.9 Å². The fourth-order valence-corrected chi connectivity index (χ4v) is 7.50. The maximum atomic E-state index is 13.8. The molecule has 2 aromatic carbocycles. The number of piperidine rings is 1. The number of ether oxygens (including phenoxy) is 3. The van der Waals surface area contributed by atoms with Crippen LogP contribution >= 0.6 is 0 Å². The summed E-state index contributed by atoms with van der Waals surface area (Å²) in [5.74, 6) is -5.68. The predicted molar refractivity (Wildman–Crippen MR) is 203 cm³/mol. The third-order valence-corrected chi connectivity index (χ3v) is 10.7. The number of carbonyl (C=O) groups is 2. The number of tetrazole rings is 1. The molecule has 2 aliphatic heterocycles. The number of carbonyl (C=O) groups excluding carboxylic acids is 2. The van der Waals surface area contributed by atoms with Gasteiger partial charge in [0.2, 0.25) is 11.8 Å². The number of rotatable bonds is 15. The molecule has 1 aliphatic carbocycles. The Hall–Kier alpha value is -5.90. The average Bonchev–Trinajstić information content (AvgIpc) is 3.59. The number of aromatic nitrogens is 8. The van der Waals surface area contributed by atoms with E-state index in [0.29, 0.717) is 19.6 Å². The van der Waals surface area contributed by atoms with Crippen LogP contribution < -0.4 is 10.6 Å². The molecule has 4 atom stereocenters. The van der Waals surface area contributed by atoms with Crippen molar-refractivity contribution in [1.82, 2.24) is 44.6 Å². The fourth-order valence-electron chi connectivity index (χ4n) is 7.50. The molecule has 0 spiro atoms. The highest BCUT2D eigenvalue weighted by molar-refractivity contribution is 5.84. The minimum absolute atomic E-state index is 0.0705. The molecule has 8 rings (SSSR count). The van der Waals surface area contributed by atoms with Crippen LogP contribution in [0.1, 0.15) is 67.3 Å². The maximum Gasteiger partial charge on any atom is 0.490 e. The molecule has 0 bridgehead atoms.